The van der Waals surface area contributed by atoms with E-state index >= 15 is 0 Å². The van der Waals surface area contributed by atoms with E-state index in [2.05, 4.69) is 15.4 Å². The van der Waals surface area contributed by atoms with Gasteiger partial charge in [-0.25, -0.2) is 4.98 Å². The summed E-state index contributed by atoms with van der Waals surface area (Å²) in [5, 5.41) is 18.5. The van der Waals surface area contributed by atoms with Crippen LogP contribution in [0.5, 0.6) is 0 Å². The van der Waals surface area contributed by atoms with Gasteiger partial charge in [-0.15, -0.1) is 0 Å². The monoisotopic (exact) mass is 267 g/mol. The van der Waals surface area contributed by atoms with Crippen LogP contribution >= 0.6 is 11.3 Å². The molecule has 8 heteroatoms. The lowest BCUT2D eigenvalue weighted by Gasteiger charge is -2.04. The second kappa shape index (κ2) is 4.73. The van der Waals surface area contributed by atoms with Crippen LogP contribution in [0.1, 0.15) is 25.5 Å². The van der Waals surface area contributed by atoms with Gasteiger partial charge in [0.05, 0.1) is 16.3 Å². The highest BCUT2D eigenvalue weighted by atomic mass is 32.1. The van der Waals surface area contributed by atoms with E-state index < -0.39 is 4.92 Å². The average molecular weight is 267 g/mol. The molecule has 0 unspecified atom stereocenters. The van der Waals surface area contributed by atoms with Crippen molar-refractivity contribution in [2.75, 3.05) is 5.32 Å². The lowest BCUT2D eigenvalue weighted by atomic mass is 10.1. The predicted octanol–water partition coefficient (Wildman–Crippen LogP) is 2.65. The van der Waals surface area contributed by atoms with Crippen LogP contribution in [-0.2, 0) is 7.05 Å². The summed E-state index contributed by atoms with van der Waals surface area (Å²) >= 11 is 1.01. The summed E-state index contributed by atoms with van der Waals surface area (Å²) in [6.45, 7) is 4.08. The number of hydrogen-bond donors (Lipinski definition) is 1. The Hall–Kier alpha value is -1.96. The molecule has 2 rings (SSSR count). The Bertz CT molecular complexity index is 575. The van der Waals surface area contributed by atoms with E-state index in [1.807, 2.05) is 27.1 Å². The zero-order valence-electron chi connectivity index (χ0n) is 10.2. The maximum Gasteiger partial charge on any atom is 0.345 e. The van der Waals surface area contributed by atoms with Gasteiger partial charge >= 0.3 is 5.00 Å². The summed E-state index contributed by atoms with van der Waals surface area (Å²) in [5.41, 5.74) is 1.74. The first kappa shape index (κ1) is 12.5. The van der Waals surface area contributed by atoms with Crippen LogP contribution in [-0.4, -0.2) is 19.7 Å². The van der Waals surface area contributed by atoms with E-state index in [9.17, 15) is 10.1 Å². The molecule has 0 fully saturated rings. The van der Waals surface area contributed by atoms with Crippen molar-refractivity contribution in [1.29, 1.82) is 0 Å². The first-order chi connectivity index (χ1) is 8.47. The summed E-state index contributed by atoms with van der Waals surface area (Å²) < 4.78 is 1.71. The first-order valence-electron chi connectivity index (χ1n) is 5.38. The summed E-state index contributed by atoms with van der Waals surface area (Å²) in [6.07, 6.45) is 3.08. The normalized spacial score (nSPS) is 10.9. The maximum absolute atomic E-state index is 10.6. The third-order valence-electron chi connectivity index (χ3n) is 2.32. The molecule has 2 aromatic rings. The molecule has 0 aliphatic rings. The quantitative estimate of drug-likeness (QED) is 0.679. The molecule has 0 radical (unpaired) electrons. The maximum atomic E-state index is 10.6. The molecule has 0 saturated carbocycles. The largest absolute Gasteiger partial charge is 0.345 e. The van der Waals surface area contributed by atoms with Crippen molar-refractivity contribution in [2.45, 2.75) is 19.8 Å². The van der Waals surface area contributed by atoms with Crippen molar-refractivity contribution in [2.24, 2.45) is 7.05 Å². The molecule has 0 aliphatic carbocycles. The van der Waals surface area contributed by atoms with Gasteiger partial charge in [0.15, 0.2) is 5.13 Å². The Kier molecular flexibility index (Phi) is 3.28. The molecular formula is C10H13N5O2S. The minimum Gasteiger partial charge on any atom is -0.329 e. The molecule has 0 aromatic carbocycles. The summed E-state index contributed by atoms with van der Waals surface area (Å²) in [5.74, 6) is 0.267. The molecule has 0 spiro atoms. The van der Waals surface area contributed by atoms with Crippen LogP contribution in [0.2, 0.25) is 0 Å². The summed E-state index contributed by atoms with van der Waals surface area (Å²) in [4.78, 5) is 14.1. The van der Waals surface area contributed by atoms with Crippen LogP contribution in [0, 0.1) is 10.1 Å². The van der Waals surface area contributed by atoms with Crippen molar-refractivity contribution in [3.8, 4) is 0 Å². The van der Waals surface area contributed by atoms with E-state index in [0.29, 0.717) is 5.13 Å². The van der Waals surface area contributed by atoms with Gasteiger partial charge < -0.3 is 5.32 Å². The standard InChI is InChI=1S/C10H13N5O2S/c1-6(2)9-7(5-14(3)13-9)12-10-11-4-8(18-10)15(16)17/h4-6H,1-3H3,(H,11,12). The van der Waals surface area contributed by atoms with Gasteiger partial charge in [-0.3, -0.25) is 14.8 Å². The molecule has 1 N–H and O–H groups in total. The molecule has 0 atom stereocenters. The van der Waals surface area contributed by atoms with Gasteiger partial charge in [-0.05, 0) is 17.3 Å². The number of nitro groups is 1. The zero-order chi connectivity index (χ0) is 13.3. The fourth-order valence-corrected chi connectivity index (χ4v) is 2.20. The highest BCUT2D eigenvalue weighted by Crippen LogP contribution is 2.30. The number of aryl methyl sites for hydroxylation is 1. The molecule has 0 aliphatic heterocycles. The SMILES string of the molecule is CC(C)c1nn(C)cc1Nc1ncc([N+](=O)[O-])s1. The number of nitrogens with zero attached hydrogens (tertiary/aromatic N) is 4. The molecule has 2 aromatic heterocycles. The highest BCUT2D eigenvalue weighted by molar-refractivity contribution is 7.18. The van der Waals surface area contributed by atoms with Crippen molar-refractivity contribution in [1.82, 2.24) is 14.8 Å². The van der Waals surface area contributed by atoms with E-state index in [-0.39, 0.29) is 10.9 Å². The van der Waals surface area contributed by atoms with Gasteiger partial charge in [0.1, 0.15) is 6.20 Å². The zero-order valence-corrected chi connectivity index (χ0v) is 11.1. The molecule has 18 heavy (non-hydrogen) atoms. The highest BCUT2D eigenvalue weighted by Gasteiger charge is 2.15. The summed E-state index contributed by atoms with van der Waals surface area (Å²) in [7, 11) is 1.83. The topological polar surface area (TPSA) is 85.9 Å². The summed E-state index contributed by atoms with van der Waals surface area (Å²) in [6, 6.07) is 0. The molecule has 0 amide bonds. The first-order valence-corrected chi connectivity index (χ1v) is 6.20. The Morgan fingerprint density at radius 3 is 2.83 bits per heavy atom. The van der Waals surface area contributed by atoms with E-state index in [1.54, 1.807) is 4.68 Å². The number of aromatic nitrogens is 3. The molecular weight excluding hydrogens is 254 g/mol. The Morgan fingerprint density at radius 1 is 1.56 bits per heavy atom. The van der Waals surface area contributed by atoms with Crippen LogP contribution in [0.15, 0.2) is 12.4 Å². The third-order valence-corrected chi connectivity index (χ3v) is 3.18. The van der Waals surface area contributed by atoms with Crippen LogP contribution in [0.25, 0.3) is 0 Å². The van der Waals surface area contributed by atoms with Gasteiger partial charge in [-0.1, -0.05) is 13.8 Å². The fourth-order valence-electron chi connectivity index (χ4n) is 1.55. The van der Waals surface area contributed by atoms with Crippen molar-refractivity contribution >= 4 is 27.2 Å². The van der Waals surface area contributed by atoms with Crippen LogP contribution in [0.3, 0.4) is 0 Å². The van der Waals surface area contributed by atoms with Crippen molar-refractivity contribution in [3.05, 3.63) is 28.2 Å². The molecule has 0 saturated heterocycles. The minimum absolute atomic E-state index is 0.0208. The number of anilines is 2. The second-order valence-electron chi connectivity index (χ2n) is 4.14. The van der Waals surface area contributed by atoms with E-state index in [1.165, 1.54) is 6.20 Å². The van der Waals surface area contributed by atoms with Crippen molar-refractivity contribution < 1.29 is 4.92 Å². The molecule has 0 bridgehead atoms. The predicted molar refractivity (Wildman–Crippen MR) is 69.3 cm³/mol. The lowest BCUT2D eigenvalue weighted by molar-refractivity contribution is -0.380. The van der Waals surface area contributed by atoms with Gasteiger partial charge in [0.25, 0.3) is 0 Å². The Labute approximate surface area is 108 Å². The lowest BCUT2D eigenvalue weighted by Crippen LogP contribution is -1.96. The number of hydrogen-bond acceptors (Lipinski definition) is 6. The van der Waals surface area contributed by atoms with Gasteiger partial charge in [0.2, 0.25) is 0 Å². The van der Waals surface area contributed by atoms with Crippen LogP contribution in [0.4, 0.5) is 15.8 Å². The van der Waals surface area contributed by atoms with Gasteiger partial charge in [0, 0.05) is 13.2 Å². The molecule has 2 heterocycles. The molecule has 7 nitrogen and oxygen atoms in total. The van der Waals surface area contributed by atoms with E-state index in [4.69, 9.17) is 0 Å². The fraction of sp³-hybridized carbons (Fsp3) is 0.400. The van der Waals surface area contributed by atoms with Gasteiger partial charge in [-0.2, -0.15) is 5.10 Å². The van der Waals surface area contributed by atoms with Crippen molar-refractivity contribution in [3.63, 3.8) is 0 Å². The number of thiazole rings is 1. The third kappa shape index (κ3) is 2.48. The number of nitrogens with one attached hydrogen (secondary N) is 1. The Balaban J connectivity index is 2.25. The average Bonchev–Trinajstić information content (AvgIpc) is 2.86. The minimum atomic E-state index is -0.449. The van der Waals surface area contributed by atoms with E-state index in [0.717, 1.165) is 22.7 Å². The smallest absolute Gasteiger partial charge is 0.329 e. The van der Waals surface area contributed by atoms with Crippen LogP contribution < -0.4 is 5.32 Å². The second-order valence-corrected chi connectivity index (χ2v) is 5.15. The number of rotatable bonds is 4. The molecule has 96 valence electrons. The Morgan fingerprint density at radius 2 is 2.28 bits per heavy atom.